The van der Waals surface area contributed by atoms with E-state index in [4.69, 9.17) is 0 Å². The first-order valence-electron chi connectivity index (χ1n) is 21.0. The third-order valence-corrected chi connectivity index (χ3v) is 14.3. The molecule has 0 amide bonds. The molecule has 1 fully saturated rings. The van der Waals surface area contributed by atoms with Gasteiger partial charge in [0.15, 0.2) is 0 Å². The molecule has 0 radical (unpaired) electrons. The Morgan fingerprint density at radius 2 is 1.32 bits per heavy atom. The number of hydrogen-bond acceptors (Lipinski definition) is 3. The summed E-state index contributed by atoms with van der Waals surface area (Å²) in [5.41, 5.74) is 18.6. The Kier molecular flexibility index (Phi) is 7.35. The van der Waals surface area contributed by atoms with Crippen molar-refractivity contribution in [2.24, 2.45) is 0 Å². The summed E-state index contributed by atoms with van der Waals surface area (Å²) in [4.78, 5) is 7.87. The minimum Gasteiger partial charge on any atom is -0.335 e. The lowest BCUT2D eigenvalue weighted by Crippen LogP contribution is -2.64. The molecule has 0 bridgehead atoms. The summed E-state index contributed by atoms with van der Waals surface area (Å²) in [5, 5.41) is 2.56. The first kappa shape index (κ1) is 34.5. The standard InChI is InChI=1S/C53H50BN3/c1-35-32-47-49-48(33-35)57-50-42(52(5)30-15-16-31-53(52,57)6)24-17-25-44(50)54(49)43-28-26-38(34-46(43)56(47)37-20-11-8-12-21-37)55(36-18-9-7-10-19-36)45-29-27-41(51(2,3)4)39-22-13-14-23-40(39)45/h7-14,17-29,32-34H,15-16,30-31H2,1-6H3. The van der Waals surface area contributed by atoms with Crippen molar-refractivity contribution < 1.29 is 0 Å². The molecule has 2 atom stereocenters. The van der Waals surface area contributed by atoms with Crippen LogP contribution in [0.5, 0.6) is 0 Å². The molecule has 1 aliphatic carbocycles. The van der Waals surface area contributed by atoms with Crippen molar-refractivity contribution in [1.29, 1.82) is 0 Å². The highest BCUT2D eigenvalue weighted by atomic mass is 15.3. The number of rotatable bonds is 4. The number of hydrogen-bond donors (Lipinski definition) is 0. The molecule has 0 N–H and O–H groups in total. The molecule has 4 heteroatoms. The van der Waals surface area contributed by atoms with Crippen molar-refractivity contribution in [3.05, 3.63) is 162 Å². The topological polar surface area (TPSA) is 9.72 Å². The third-order valence-electron chi connectivity index (χ3n) is 14.3. The third kappa shape index (κ3) is 4.73. The molecule has 0 aromatic heterocycles. The van der Waals surface area contributed by atoms with Crippen LogP contribution in [0.2, 0.25) is 0 Å². The van der Waals surface area contributed by atoms with E-state index in [0.717, 1.165) is 11.4 Å². The average Bonchev–Trinajstić information content (AvgIpc) is 3.43. The van der Waals surface area contributed by atoms with E-state index in [9.17, 15) is 0 Å². The molecule has 280 valence electrons. The summed E-state index contributed by atoms with van der Waals surface area (Å²) in [6, 6.07) is 55.2. The van der Waals surface area contributed by atoms with Gasteiger partial charge in [-0.3, -0.25) is 0 Å². The molecule has 3 heterocycles. The van der Waals surface area contributed by atoms with Crippen molar-refractivity contribution in [1.82, 2.24) is 0 Å². The molecule has 3 aliphatic heterocycles. The second kappa shape index (κ2) is 12.1. The monoisotopic (exact) mass is 739 g/mol. The Hall–Kier alpha value is -5.74. The van der Waals surface area contributed by atoms with Crippen LogP contribution in [0.4, 0.5) is 45.5 Å². The Balaban J connectivity index is 1.19. The van der Waals surface area contributed by atoms with Gasteiger partial charge in [0.05, 0.1) is 11.2 Å². The van der Waals surface area contributed by atoms with E-state index in [0.29, 0.717) is 0 Å². The highest BCUT2D eigenvalue weighted by molar-refractivity contribution is 7.00. The molecule has 7 aromatic rings. The number of anilines is 8. The van der Waals surface area contributed by atoms with E-state index in [1.54, 1.807) is 5.56 Å². The Morgan fingerprint density at radius 3 is 2.09 bits per heavy atom. The lowest BCUT2D eigenvalue weighted by molar-refractivity contribution is 0.195. The molecule has 0 spiro atoms. The van der Waals surface area contributed by atoms with Gasteiger partial charge in [0.1, 0.15) is 0 Å². The zero-order valence-corrected chi connectivity index (χ0v) is 34.1. The highest BCUT2D eigenvalue weighted by Crippen LogP contribution is 2.61. The molecular formula is C53H50BN3. The van der Waals surface area contributed by atoms with Crippen molar-refractivity contribution in [2.75, 3.05) is 14.7 Å². The van der Waals surface area contributed by atoms with Gasteiger partial charge >= 0.3 is 0 Å². The van der Waals surface area contributed by atoms with Crippen LogP contribution in [0.3, 0.4) is 0 Å². The Morgan fingerprint density at radius 1 is 0.614 bits per heavy atom. The zero-order valence-electron chi connectivity index (χ0n) is 34.1. The summed E-state index contributed by atoms with van der Waals surface area (Å²) in [6.07, 6.45) is 5.00. The number of para-hydroxylation sites is 3. The van der Waals surface area contributed by atoms with E-state index < -0.39 is 0 Å². The van der Waals surface area contributed by atoms with Gasteiger partial charge in [-0.05, 0) is 125 Å². The summed E-state index contributed by atoms with van der Waals surface area (Å²) in [5.74, 6) is 0. The molecule has 0 saturated heterocycles. The SMILES string of the molecule is Cc1cc2c3c(c1)N1c4c(cccc4C4(C)CCCCC14C)B3c1ccc(N(c3ccccc3)c3ccc(C(C)(C)C)c4ccccc34)cc1N2c1ccccc1. The highest BCUT2D eigenvalue weighted by Gasteiger charge is 2.61. The summed E-state index contributed by atoms with van der Waals surface area (Å²) in [6.45, 7) is 14.5. The molecule has 7 aromatic carbocycles. The van der Waals surface area contributed by atoms with Gasteiger partial charge in [0.25, 0.3) is 6.71 Å². The minimum absolute atomic E-state index is 0.0133. The van der Waals surface area contributed by atoms with Crippen LogP contribution >= 0.6 is 0 Å². The smallest absolute Gasteiger partial charge is 0.252 e. The van der Waals surface area contributed by atoms with Crippen molar-refractivity contribution >= 4 is 79.4 Å². The van der Waals surface area contributed by atoms with E-state index in [-0.39, 0.29) is 23.1 Å². The van der Waals surface area contributed by atoms with E-state index in [2.05, 4.69) is 202 Å². The summed E-state index contributed by atoms with van der Waals surface area (Å²) >= 11 is 0. The van der Waals surface area contributed by atoms with Crippen LogP contribution in [0.15, 0.2) is 146 Å². The van der Waals surface area contributed by atoms with Gasteiger partial charge in [-0.25, -0.2) is 0 Å². The van der Waals surface area contributed by atoms with Crippen LogP contribution in [0, 0.1) is 6.92 Å². The first-order valence-corrected chi connectivity index (χ1v) is 21.0. The number of benzene rings is 7. The van der Waals surface area contributed by atoms with Gasteiger partial charge in [-0.15, -0.1) is 0 Å². The van der Waals surface area contributed by atoms with Gasteiger partial charge < -0.3 is 14.7 Å². The van der Waals surface area contributed by atoms with Crippen molar-refractivity contribution in [3.63, 3.8) is 0 Å². The Bertz CT molecular complexity index is 2750. The number of aryl methyl sites for hydroxylation is 1. The quantitative estimate of drug-likeness (QED) is 0.166. The molecular weight excluding hydrogens is 689 g/mol. The Labute approximate surface area is 338 Å². The fraction of sp³-hybridized carbons (Fsp3) is 0.245. The van der Waals surface area contributed by atoms with E-state index in [1.807, 2.05) is 0 Å². The predicted octanol–water partition coefficient (Wildman–Crippen LogP) is 12.3. The molecule has 3 nitrogen and oxygen atoms in total. The van der Waals surface area contributed by atoms with E-state index >= 15 is 0 Å². The van der Waals surface area contributed by atoms with Gasteiger partial charge in [-0.2, -0.15) is 0 Å². The predicted molar refractivity (Wildman–Crippen MR) is 244 cm³/mol. The minimum atomic E-state index is 0.0133. The van der Waals surface area contributed by atoms with Gasteiger partial charge in [0, 0.05) is 50.6 Å². The maximum Gasteiger partial charge on any atom is 0.252 e. The zero-order chi connectivity index (χ0) is 38.8. The molecule has 4 aliphatic rings. The fourth-order valence-electron chi connectivity index (χ4n) is 11.5. The first-order chi connectivity index (χ1) is 27.6. The maximum absolute atomic E-state index is 2.82. The second-order valence-electron chi connectivity index (χ2n) is 18.6. The summed E-state index contributed by atoms with van der Waals surface area (Å²) < 4.78 is 0. The van der Waals surface area contributed by atoms with Crippen LogP contribution in [0.25, 0.3) is 10.8 Å². The molecule has 57 heavy (non-hydrogen) atoms. The summed E-state index contributed by atoms with van der Waals surface area (Å²) in [7, 11) is 0. The largest absolute Gasteiger partial charge is 0.335 e. The lowest BCUT2D eigenvalue weighted by Gasteiger charge is -2.52. The average molecular weight is 740 g/mol. The van der Waals surface area contributed by atoms with Crippen LogP contribution in [0.1, 0.15) is 77.0 Å². The second-order valence-corrected chi connectivity index (χ2v) is 18.6. The van der Waals surface area contributed by atoms with Gasteiger partial charge in [0.2, 0.25) is 0 Å². The van der Waals surface area contributed by atoms with Gasteiger partial charge in [-0.1, -0.05) is 132 Å². The normalized spacial score (nSPS) is 20.2. The van der Waals surface area contributed by atoms with E-state index in [1.165, 1.54) is 98.1 Å². The van der Waals surface area contributed by atoms with Crippen molar-refractivity contribution in [2.45, 2.75) is 83.6 Å². The lowest BCUT2D eigenvalue weighted by atomic mass is 9.33. The maximum atomic E-state index is 2.82. The number of nitrogens with zero attached hydrogens (tertiary/aromatic N) is 3. The van der Waals surface area contributed by atoms with Crippen LogP contribution in [-0.4, -0.2) is 12.3 Å². The fourth-order valence-corrected chi connectivity index (χ4v) is 11.5. The molecule has 1 saturated carbocycles. The molecule has 2 unspecified atom stereocenters. The van der Waals surface area contributed by atoms with Crippen LogP contribution in [-0.2, 0) is 10.8 Å². The number of fused-ring (bicyclic) bond motifs is 8. The molecule has 11 rings (SSSR count). The van der Waals surface area contributed by atoms with Crippen LogP contribution < -0.4 is 31.1 Å². The van der Waals surface area contributed by atoms with Crippen molar-refractivity contribution in [3.8, 4) is 0 Å².